The maximum Gasteiger partial charge on any atom is 0.0509 e. The highest BCUT2D eigenvalue weighted by Gasteiger charge is 2.32. The van der Waals surface area contributed by atoms with Crippen molar-refractivity contribution in [2.75, 3.05) is 26.3 Å². The van der Waals surface area contributed by atoms with E-state index in [4.69, 9.17) is 4.74 Å². The molecule has 0 N–H and O–H groups in total. The Balaban J connectivity index is 1.96. The lowest BCUT2D eigenvalue weighted by Gasteiger charge is -2.42. The number of hydrogen-bond donors (Lipinski definition) is 0. The highest BCUT2D eigenvalue weighted by Crippen LogP contribution is 2.26. The van der Waals surface area contributed by atoms with E-state index in [0.717, 1.165) is 13.2 Å². The average Bonchev–Trinajstić information content (AvgIpc) is 2.03. The van der Waals surface area contributed by atoms with Gasteiger partial charge in [0, 0.05) is 19.1 Å². The van der Waals surface area contributed by atoms with Gasteiger partial charge in [0.05, 0.1) is 13.2 Å². The Labute approximate surface area is 74.9 Å². The van der Waals surface area contributed by atoms with Gasteiger partial charge in [-0.15, -0.1) is 0 Å². The van der Waals surface area contributed by atoms with Gasteiger partial charge in [-0.1, -0.05) is 0 Å². The summed E-state index contributed by atoms with van der Waals surface area (Å²) >= 11 is 0. The summed E-state index contributed by atoms with van der Waals surface area (Å²) < 4.78 is 5.51. The SMILES string of the molecule is CC(C)N1C[C@@H]2[CH][C@@H](COC2)C1. The maximum absolute atomic E-state index is 5.51. The number of ether oxygens (including phenoxy) is 1. The molecule has 2 aliphatic heterocycles. The van der Waals surface area contributed by atoms with E-state index in [2.05, 4.69) is 25.2 Å². The third-order valence-corrected chi connectivity index (χ3v) is 2.88. The molecule has 2 nitrogen and oxygen atoms in total. The zero-order valence-corrected chi connectivity index (χ0v) is 7.99. The first-order valence-electron chi connectivity index (χ1n) is 4.92. The van der Waals surface area contributed by atoms with Gasteiger partial charge in [-0.05, 0) is 32.1 Å². The Morgan fingerprint density at radius 3 is 2.33 bits per heavy atom. The van der Waals surface area contributed by atoms with Crippen molar-refractivity contribution in [3.05, 3.63) is 6.42 Å². The Morgan fingerprint density at radius 2 is 1.83 bits per heavy atom. The molecule has 2 rings (SSSR count). The quantitative estimate of drug-likeness (QED) is 0.583. The van der Waals surface area contributed by atoms with Crippen LogP contribution in [0, 0.1) is 18.3 Å². The van der Waals surface area contributed by atoms with E-state index in [0.29, 0.717) is 17.9 Å². The average molecular weight is 168 g/mol. The van der Waals surface area contributed by atoms with Crippen LogP contribution in [0.4, 0.5) is 0 Å². The molecule has 1 radical (unpaired) electrons. The highest BCUT2D eigenvalue weighted by molar-refractivity contribution is 4.95. The van der Waals surface area contributed by atoms with Crippen LogP contribution in [0.5, 0.6) is 0 Å². The van der Waals surface area contributed by atoms with Crippen molar-refractivity contribution in [2.45, 2.75) is 19.9 Å². The molecule has 2 bridgehead atoms. The summed E-state index contributed by atoms with van der Waals surface area (Å²) in [6, 6.07) is 0.696. The van der Waals surface area contributed by atoms with E-state index >= 15 is 0 Å². The number of hydrogen-bond acceptors (Lipinski definition) is 2. The van der Waals surface area contributed by atoms with Gasteiger partial charge in [-0.3, -0.25) is 0 Å². The summed E-state index contributed by atoms with van der Waals surface area (Å²) in [6.45, 7) is 8.85. The van der Waals surface area contributed by atoms with E-state index in [9.17, 15) is 0 Å². The Morgan fingerprint density at radius 1 is 1.25 bits per heavy atom. The van der Waals surface area contributed by atoms with Gasteiger partial charge in [0.25, 0.3) is 0 Å². The van der Waals surface area contributed by atoms with Crippen molar-refractivity contribution in [2.24, 2.45) is 11.8 Å². The molecule has 2 heteroatoms. The first kappa shape index (κ1) is 8.52. The minimum absolute atomic E-state index is 0.694. The summed E-state index contributed by atoms with van der Waals surface area (Å²) in [4.78, 5) is 2.57. The van der Waals surface area contributed by atoms with Crippen LogP contribution in [-0.2, 0) is 4.74 Å². The number of piperidine rings is 1. The van der Waals surface area contributed by atoms with Gasteiger partial charge in [-0.2, -0.15) is 0 Å². The van der Waals surface area contributed by atoms with Crippen LogP contribution < -0.4 is 0 Å². The van der Waals surface area contributed by atoms with Crippen LogP contribution in [0.3, 0.4) is 0 Å². The van der Waals surface area contributed by atoms with Crippen molar-refractivity contribution in [3.63, 3.8) is 0 Å². The van der Waals surface area contributed by atoms with Gasteiger partial charge < -0.3 is 9.64 Å². The zero-order chi connectivity index (χ0) is 8.55. The van der Waals surface area contributed by atoms with Crippen molar-refractivity contribution in [1.29, 1.82) is 0 Å². The molecule has 0 aromatic heterocycles. The molecule has 0 aromatic rings. The zero-order valence-electron chi connectivity index (χ0n) is 7.99. The molecule has 0 spiro atoms. The van der Waals surface area contributed by atoms with Crippen LogP contribution in [0.25, 0.3) is 0 Å². The van der Waals surface area contributed by atoms with Crippen LogP contribution in [0.2, 0.25) is 0 Å². The first-order chi connectivity index (χ1) is 5.75. The van der Waals surface area contributed by atoms with Crippen molar-refractivity contribution in [1.82, 2.24) is 4.90 Å². The molecular weight excluding hydrogens is 150 g/mol. The van der Waals surface area contributed by atoms with Crippen LogP contribution in [0.1, 0.15) is 13.8 Å². The topological polar surface area (TPSA) is 12.5 Å². The fourth-order valence-electron chi connectivity index (χ4n) is 2.19. The monoisotopic (exact) mass is 168 g/mol. The molecule has 2 fully saturated rings. The summed E-state index contributed by atoms with van der Waals surface area (Å²) in [5, 5.41) is 0. The van der Waals surface area contributed by atoms with Crippen molar-refractivity contribution in [3.8, 4) is 0 Å². The minimum Gasteiger partial charge on any atom is -0.381 e. The van der Waals surface area contributed by atoms with Gasteiger partial charge >= 0.3 is 0 Å². The molecule has 0 saturated carbocycles. The van der Waals surface area contributed by atoms with Gasteiger partial charge in [0.15, 0.2) is 0 Å². The lowest BCUT2D eigenvalue weighted by atomic mass is 9.87. The number of fused-ring (bicyclic) bond motifs is 2. The molecular formula is C10H18NO. The van der Waals surface area contributed by atoms with Gasteiger partial charge in [0.2, 0.25) is 0 Å². The number of likely N-dealkylation sites (tertiary alicyclic amines) is 1. The van der Waals surface area contributed by atoms with Crippen LogP contribution in [0.15, 0.2) is 0 Å². The second-order valence-corrected chi connectivity index (χ2v) is 4.30. The van der Waals surface area contributed by atoms with Crippen LogP contribution >= 0.6 is 0 Å². The molecule has 12 heavy (non-hydrogen) atoms. The van der Waals surface area contributed by atoms with Crippen molar-refractivity contribution < 1.29 is 4.74 Å². The Kier molecular flexibility index (Phi) is 2.37. The van der Waals surface area contributed by atoms with E-state index in [1.54, 1.807) is 0 Å². The first-order valence-corrected chi connectivity index (χ1v) is 4.92. The summed E-state index contributed by atoms with van der Waals surface area (Å²) in [7, 11) is 0. The minimum atomic E-state index is 0.694. The third kappa shape index (κ3) is 1.64. The standard InChI is InChI=1S/C10H18NO/c1-8(2)11-4-9-3-10(5-11)7-12-6-9/h3,8-10H,4-7H2,1-2H3/t9-,10+. The van der Waals surface area contributed by atoms with E-state index in [-0.39, 0.29) is 0 Å². The van der Waals surface area contributed by atoms with Gasteiger partial charge in [-0.25, -0.2) is 0 Å². The molecule has 0 amide bonds. The largest absolute Gasteiger partial charge is 0.381 e. The summed E-state index contributed by atoms with van der Waals surface area (Å²) in [6.07, 6.45) is 2.49. The Hall–Kier alpha value is -0.0800. The molecule has 2 heterocycles. The summed E-state index contributed by atoms with van der Waals surface area (Å²) in [5.41, 5.74) is 0. The Bertz CT molecular complexity index is 146. The predicted octanol–water partition coefficient (Wildman–Crippen LogP) is 1.18. The number of nitrogens with zero attached hydrogens (tertiary/aromatic N) is 1. The lowest BCUT2D eigenvalue weighted by molar-refractivity contribution is -0.0142. The molecule has 2 atom stereocenters. The molecule has 2 aliphatic rings. The second kappa shape index (κ2) is 3.35. The third-order valence-electron chi connectivity index (χ3n) is 2.88. The second-order valence-electron chi connectivity index (χ2n) is 4.30. The molecule has 2 saturated heterocycles. The smallest absolute Gasteiger partial charge is 0.0509 e. The maximum atomic E-state index is 5.51. The molecule has 0 aliphatic carbocycles. The number of rotatable bonds is 1. The van der Waals surface area contributed by atoms with E-state index in [1.165, 1.54) is 13.1 Å². The van der Waals surface area contributed by atoms with Crippen molar-refractivity contribution >= 4 is 0 Å². The molecule has 69 valence electrons. The lowest BCUT2D eigenvalue weighted by Crippen LogP contribution is -2.49. The highest BCUT2D eigenvalue weighted by atomic mass is 16.5. The van der Waals surface area contributed by atoms with E-state index in [1.807, 2.05) is 0 Å². The fraction of sp³-hybridized carbons (Fsp3) is 0.900. The summed E-state index contributed by atoms with van der Waals surface area (Å²) in [5.74, 6) is 1.39. The van der Waals surface area contributed by atoms with Crippen LogP contribution in [-0.4, -0.2) is 37.2 Å². The molecule has 0 unspecified atom stereocenters. The van der Waals surface area contributed by atoms with Gasteiger partial charge in [0.1, 0.15) is 0 Å². The fourth-order valence-corrected chi connectivity index (χ4v) is 2.19. The normalized spacial score (nSPS) is 37.2. The predicted molar refractivity (Wildman–Crippen MR) is 48.8 cm³/mol. The molecule has 0 aromatic carbocycles. The van der Waals surface area contributed by atoms with E-state index < -0.39 is 0 Å².